The molecule has 0 radical (unpaired) electrons. The Labute approximate surface area is 177 Å². The van der Waals surface area contributed by atoms with Crippen LogP contribution in [0.15, 0.2) is 36.9 Å². The first-order valence-electron chi connectivity index (χ1n) is 10.4. The molecule has 1 aliphatic carbocycles. The number of aromatic nitrogens is 5. The third-order valence-electron chi connectivity index (χ3n) is 6.50. The lowest BCUT2D eigenvalue weighted by Crippen LogP contribution is -2.26. The number of rotatable bonds is 6. The summed E-state index contributed by atoms with van der Waals surface area (Å²) in [6, 6.07) is 9.36. The molecule has 3 aromatic rings. The smallest absolute Gasteiger partial charge is 0.181 e. The maximum absolute atomic E-state index is 5.90. The van der Waals surface area contributed by atoms with Crippen molar-refractivity contribution in [3.05, 3.63) is 58.6 Å². The maximum Gasteiger partial charge on any atom is 0.181 e. The lowest BCUT2D eigenvalue weighted by atomic mass is 10.1. The molecule has 1 fully saturated rings. The summed E-state index contributed by atoms with van der Waals surface area (Å²) in [7, 11) is 2.17. The summed E-state index contributed by atoms with van der Waals surface area (Å²) in [5.74, 6) is 0. The van der Waals surface area contributed by atoms with Gasteiger partial charge in [-0.25, -0.2) is 9.67 Å². The lowest BCUT2D eigenvalue weighted by molar-refractivity contribution is 0.203. The average Bonchev–Trinajstić information content (AvgIpc) is 3.48. The topological polar surface area (TPSA) is 43.8 Å². The highest BCUT2D eigenvalue weighted by molar-refractivity contribution is 7.71. The molecule has 2 heterocycles. The van der Waals surface area contributed by atoms with Gasteiger partial charge in [-0.05, 0) is 70.6 Å². The number of nitrogens with zero attached hydrogens (tertiary/aromatic N) is 6. The second-order valence-corrected chi connectivity index (χ2v) is 8.56. The highest BCUT2D eigenvalue weighted by Gasteiger charge is 2.23. The Bertz CT molecular complexity index is 1010. The van der Waals surface area contributed by atoms with Gasteiger partial charge in [0.15, 0.2) is 4.77 Å². The molecule has 0 saturated heterocycles. The normalized spacial score (nSPS) is 16.0. The van der Waals surface area contributed by atoms with E-state index in [0.717, 1.165) is 17.1 Å². The maximum atomic E-state index is 5.90. The molecule has 154 valence electrons. The van der Waals surface area contributed by atoms with Crippen LogP contribution in [0.25, 0.3) is 5.69 Å². The van der Waals surface area contributed by atoms with E-state index < -0.39 is 0 Å². The summed E-state index contributed by atoms with van der Waals surface area (Å²) < 4.78 is 7.44. The number of hydrogen-bond acceptors (Lipinski definition) is 4. The summed E-state index contributed by atoms with van der Waals surface area (Å²) in [5.41, 5.74) is 4.89. The van der Waals surface area contributed by atoms with Crippen LogP contribution in [0.2, 0.25) is 0 Å². The molecule has 0 aliphatic heterocycles. The first-order valence-corrected chi connectivity index (χ1v) is 10.8. The Balaban J connectivity index is 1.52. The highest BCUT2D eigenvalue weighted by atomic mass is 32.1. The van der Waals surface area contributed by atoms with Crippen molar-refractivity contribution >= 4 is 12.2 Å². The predicted octanol–water partition coefficient (Wildman–Crippen LogP) is 4.98. The van der Waals surface area contributed by atoms with Gasteiger partial charge in [-0.1, -0.05) is 25.0 Å². The molecule has 1 atom stereocenters. The summed E-state index contributed by atoms with van der Waals surface area (Å²) in [6.07, 6.45) is 8.41. The molecule has 2 aromatic heterocycles. The van der Waals surface area contributed by atoms with Crippen LogP contribution in [-0.4, -0.2) is 35.8 Å². The predicted molar refractivity (Wildman–Crippen MR) is 118 cm³/mol. The first kappa shape index (κ1) is 20.0. The van der Waals surface area contributed by atoms with E-state index in [2.05, 4.69) is 76.2 Å². The van der Waals surface area contributed by atoms with E-state index >= 15 is 0 Å². The van der Waals surface area contributed by atoms with Gasteiger partial charge in [0.05, 0.1) is 12.4 Å². The second kappa shape index (κ2) is 8.24. The van der Waals surface area contributed by atoms with Crippen molar-refractivity contribution in [2.75, 3.05) is 7.05 Å². The summed E-state index contributed by atoms with van der Waals surface area (Å²) >= 11 is 5.90. The summed E-state index contributed by atoms with van der Waals surface area (Å²) in [6.45, 7) is 7.44. The van der Waals surface area contributed by atoms with Gasteiger partial charge in [0.2, 0.25) is 0 Å². The van der Waals surface area contributed by atoms with Gasteiger partial charge in [-0.15, -0.1) is 0 Å². The fourth-order valence-electron chi connectivity index (χ4n) is 4.39. The molecular weight excluding hydrogens is 380 g/mol. The zero-order chi connectivity index (χ0) is 20.5. The quantitative estimate of drug-likeness (QED) is 0.538. The van der Waals surface area contributed by atoms with Crippen LogP contribution in [0.5, 0.6) is 0 Å². The van der Waals surface area contributed by atoms with Crippen LogP contribution >= 0.6 is 12.2 Å². The van der Waals surface area contributed by atoms with E-state index in [1.54, 1.807) is 17.3 Å². The van der Waals surface area contributed by atoms with Crippen LogP contribution < -0.4 is 0 Å². The Morgan fingerprint density at radius 3 is 2.45 bits per heavy atom. The van der Waals surface area contributed by atoms with Crippen molar-refractivity contribution < 1.29 is 0 Å². The van der Waals surface area contributed by atoms with Gasteiger partial charge in [-0.3, -0.25) is 4.90 Å². The van der Waals surface area contributed by atoms with Crippen molar-refractivity contribution in [2.45, 2.75) is 65.2 Å². The van der Waals surface area contributed by atoms with E-state index in [9.17, 15) is 0 Å². The Hall–Kier alpha value is -2.25. The number of hydrogen-bond donors (Lipinski definition) is 0. The molecule has 0 spiro atoms. The third-order valence-corrected chi connectivity index (χ3v) is 6.92. The minimum Gasteiger partial charge on any atom is -0.318 e. The zero-order valence-corrected chi connectivity index (χ0v) is 18.6. The lowest BCUT2D eigenvalue weighted by Gasteiger charge is -2.26. The van der Waals surface area contributed by atoms with Gasteiger partial charge in [-0.2, -0.15) is 5.10 Å². The van der Waals surface area contributed by atoms with Crippen molar-refractivity contribution in [2.24, 2.45) is 0 Å². The van der Waals surface area contributed by atoms with E-state index in [0.29, 0.717) is 6.04 Å². The van der Waals surface area contributed by atoms with Crippen molar-refractivity contribution in [3.8, 4) is 5.69 Å². The Morgan fingerprint density at radius 1 is 1.14 bits per heavy atom. The largest absolute Gasteiger partial charge is 0.318 e. The molecule has 0 amide bonds. The SMILES string of the molecule is Cc1c(C)n(C2CCCC2)c(=S)n1CN(C)[C@@H](C)c1ccc(-n2cncn2)cc1. The van der Waals surface area contributed by atoms with Gasteiger partial charge in [0.25, 0.3) is 0 Å². The Kier molecular flexibility index (Phi) is 5.69. The van der Waals surface area contributed by atoms with Crippen molar-refractivity contribution in [1.29, 1.82) is 0 Å². The first-order chi connectivity index (χ1) is 14.0. The van der Waals surface area contributed by atoms with E-state index in [1.807, 2.05) is 0 Å². The molecule has 1 aromatic carbocycles. The molecular formula is C22H30N6S. The van der Waals surface area contributed by atoms with Crippen molar-refractivity contribution in [3.63, 3.8) is 0 Å². The minimum atomic E-state index is 0.274. The van der Waals surface area contributed by atoms with Gasteiger partial charge in [0, 0.05) is 23.5 Å². The third kappa shape index (κ3) is 3.81. The van der Waals surface area contributed by atoms with E-state index in [1.165, 1.54) is 42.6 Å². The molecule has 4 rings (SSSR count). The van der Waals surface area contributed by atoms with Crippen LogP contribution in [-0.2, 0) is 6.67 Å². The minimum absolute atomic E-state index is 0.274. The van der Waals surface area contributed by atoms with Crippen LogP contribution in [0.4, 0.5) is 0 Å². The summed E-state index contributed by atoms with van der Waals surface area (Å²) in [5, 5.41) is 4.19. The zero-order valence-electron chi connectivity index (χ0n) is 17.7. The molecule has 29 heavy (non-hydrogen) atoms. The molecule has 1 saturated carbocycles. The molecule has 7 heteroatoms. The summed E-state index contributed by atoms with van der Waals surface area (Å²) in [4.78, 5) is 6.37. The van der Waals surface area contributed by atoms with Crippen molar-refractivity contribution in [1.82, 2.24) is 28.8 Å². The molecule has 0 N–H and O–H groups in total. The number of imidazole rings is 1. The van der Waals surface area contributed by atoms with E-state index in [-0.39, 0.29) is 6.04 Å². The second-order valence-electron chi connectivity index (χ2n) is 8.20. The number of benzene rings is 1. The fourth-order valence-corrected chi connectivity index (χ4v) is 4.87. The van der Waals surface area contributed by atoms with Gasteiger partial charge in [0.1, 0.15) is 12.7 Å². The monoisotopic (exact) mass is 410 g/mol. The molecule has 0 unspecified atom stereocenters. The molecule has 0 bridgehead atoms. The highest BCUT2D eigenvalue weighted by Crippen LogP contribution is 2.32. The Morgan fingerprint density at radius 2 is 1.83 bits per heavy atom. The molecule has 1 aliphatic rings. The van der Waals surface area contributed by atoms with E-state index in [4.69, 9.17) is 12.2 Å². The molecule has 6 nitrogen and oxygen atoms in total. The van der Waals surface area contributed by atoms with Crippen LogP contribution in [0, 0.1) is 18.6 Å². The standard InChI is InChI=1S/C22H30N6S/c1-16-17(2)28(21-7-5-6-8-21)22(29)26(16)15-25(4)18(3)19-9-11-20(12-10-19)27-14-23-13-24-27/h9-14,18,21H,5-8,15H2,1-4H3/t18-/m0/s1. The van der Waals surface area contributed by atoms with Crippen LogP contribution in [0.1, 0.15) is 61.6 Å². The van der Waals surface area contributed by atoms with Crippen LogP contribution in [0.3, 0.4) is 0 Å². The fraction of sp³-hybridized carbons (Fsp3) is 0.500. The van der Waals surface area contributed by atoms with Gasteiger partial charge < -0.3 is 9.13 Å². The van der Waals surface area contributed by atoms with Gasteiger partial charge >= 0.3 is 0 Å². The average molecular weight is 411 g/mol.